The van der Waals surface area contributed by atoms with Gasteiger partial charge in [-0.1, -0.05) is 36.4 Å². The fourth-order valence-corrected chi connectivity index (χ4v) is 2.06. The van der Waals surface area contributed by atoms with Gasteiger partial charge in [0.25, 0.3) is 0 Å². The van der Waals surface area contributed by atoms with Crippen molar-refractivity contribution in [3.8, 4) is 16.9 Å². The summed E-state index contributed by atoms with van der Waals surface area (Å²) in [5.74, 6) is 1.03. The second-order valence-corrected chi connectivity index (χ2v) is 4.47. The molecule has 0 aliphatic heterocycles. The highest BCUT2D eigenvalue weighted by atomic mass is 35.5. The quantitative estimate of drug-likeness (QED) is 0.605. The lowest BCUT2D eigenvalue weighted by atomic mass is 10.00. The topological polar surface area (TPSA) is 18.5 Å². The van der Waals surface area contributed by atoms with E-state index in [1.54, 1.807) is 7.11 Å². The first kappa shape index (κ1) is 13.9. The minimum atomic E-state index is -0.452. The molecule has 2 aromatic rings. The van der Waals surface area contributed by atoms with Crippen molar-refractivity contribution in [1.82, 2.24) is 0 Å². The Bertz CT molecular complexity index is 536. The molecular weight excluding hydrogens is 260 g/mol. The summed E-state index contributed by atoms with van der Waals surface area (Å²) in [6.45, 7) is 2.05. The molecule has 1 radical (unpaired) electrons. The van der Waals surface area contributed by atoms with E-state index in [1.165, 1.54) is 0 Å². The monoisotopic (exact) mass is 275 g/mol. The van der Waals surface area contributed by atoms with Crippen molar-refractivity contribution in [2.24, 2.45) is 0 Å². The molecular formula is C16H16ClO2. The van der Waals surface area contributed by atoms with Crippen LogP contribution in [0.1, 0.15) is 5.56 Å². The first-order valence-corrected chi connectivity index (χ1v) is 6.62. The standard InChI is InChI=1S/C16H16ClO2/c1-12-7-3-4-8-13(12)14-9-5-6-10-15(14)19-16(11-17)18-2/h3-7,9-10,16H,11H2,1-2H3. The fourth-order valence-electron chi connectivity index (χ4n) is 1.87. The van der Waals surface area contributed by atoms with Gasteiger partial charge < -0.3 is 9.47 Å². The van der Waals surface area contributed by atoms with Gasteiger partial charge >= 0.3 is 0 Å². The van der Waals surface area contributed by atoms with Crippen molar-refractivity contribution in [3.63, 3.8) is 0 Å². The van der Waals surface area contributed by atoms with Gasteiger partial charge in [-0.2, -0.15) is 0 Å². The van der Waals surface area contributed by atoms with Crippen molar-refractivity contribution in [1.29, 1.82) is 0 Å². The summed E-state index contributed by atoms with van der Waals surface area (Å²) in [7, 11) is 1.58. The molecule has 0 fully saturated rings. The third-order valence-corrected chi connectivity index (χ3v) is 3.12. The zero-order valence-corrected chi connectivity index (χ0v) is 11.8. The number of alkyl halides is 1. The maximum atomic E-state index is 5.79. The Kier molecular flexibility index (Phi) is 4.83. The van der Waals surface area contributed by atoms with Gasteiger partial charge in [0.05, 0.1) is 5.88 Å². The molecule has 2 aromatic carbocycles. The molecule has 99 valence electrons. The lowest BCUT2D eigenvalue weighted by Gasteiger charge is -2.18. The largest absolute Gasteiger partial charge is 0.463 e. The lowest BCUT2D eigenvalue weighted by molar-refractivity contribution is -0.0351. The van der Waals surface area contributed by atoms with E-state index in [9.17, 15) is 0 Å². The van der Waals surface area contributed by atoms with Crippen LogP contribution in [0.3, 0.4) is 0 Å². The molecule has 2 rings (SSSR count). The predicted octanol–water partition coefficient (Wildman–Crippen LogP) is 4.05. The Morgan fingerprint density at radius 3 is 2.68 bits per heavy atom. The number of hydrogen-bond donors (Lipinski definition) is 0. The third kappa shape index (κ3) is 3.28. The van der Waals surface area contributed by atoms with E-state index >= 15 is 0 Å². The van der Waals surface area contributed by atoms with Crippen LogP contribution >= 0.6 is 11.6 Å². The van der Waals surface area contributed by atoms with Gasteiger partial charge in [0, 0.05) is 12.7 Å². The smallest absolute Gasteiger partial charge is 0.213 e. The highest BCUT2D eigenvalue weighted by Gasteiger charge is 2.12. The molecule has 0 spiro atoms. The number of benzene rings is 2. The normalized spacial score (nSPS) is 12.2. The van der Waals surface area contributed by atoms with Gasteiger partial charge in [-0.3, -0.25) is 0 Å². The maximum absolute atomic E-state index is 5.79. The van der Waals surface area contributed by atoms with Gasteiger partial charge in [0.15, 0.2) is 0 Å². The van der Waals surface area contributed by atoms with Crippen molar-refractivity contribution in [3.05, 3.63) is 54.1 Å². The molecule has 3 heteroatoms. The van der Waals surface area contributed by atoms with Crippen LogP contribution in [0.4, 0.5) is 0 Å². The van der Waals surface area contributed by atoms with E-state index in [-0.39, 0.29) is 5.88 Å². The SMILES string of the molecule is COC(CCl)Oc1ccccc1-c1[c]cccc1C. The summed E-state index contributed by atoms with van der Waals surface area (Å²) in [5, 5.41) is 0. The van der Waals surface area contributed by atoms with E-state index in [2.05, 4.69) is 19.1 Å². The highest BCUT2D eigenvalue weighted by Crippen LogP contribution is 2.32. The summed E-state index contributed by atoms with van der Waals surface area (Å²) < 4.78 is 10.9. The second kappa shape index (κ2) is 6.60. The summed E-state index contributed by atoms with van der Waals surface area (Å²) in [6, 6.07) is 17.0. The molecule has 0 saturated carbocycles. The molecule has 19 heavy (non-hydrogen) atoms. The van der Waals surface area contributed by atoms with Gasteiger partial charge in [-0.15, -0.1) is 11.6 Å². The molecule has 1 atom stereocenters. The van der Waals surface area contributed by atoms with E-state index in [4.69, 9.17) is 21.1 Å². The molecule has 1 unspecified atom stereocenters. The molecule has 0 N–H and O–H groups in total. The van der Waals surface area contributed by atoms with Crippen LogP contribution in [0.25, 0.3) is 11.1 Å². The minimum absolute atomic E-state index is 0.280. The maximum Gasteiger partial charge on any atom is 0.213 e. The number of halogens is 1. The molecule has 0 aromatic heterocycles. The number of ether oxygens (including phenoxy) is 2. The molecule has 0 heterocycles. The first-order chi connectivity index (χ1) is 9.26. The Balaban J connectivity index is 2.39. The summed E-state index contributed by atoms with van der Waals surface area (Å²) in [5.41, 5.74) is 3.17. The van der Waals surface area contributed by atoms with E-state index in [0.29, 0.717) is 0 Å². The summed E-state index contributed by atoms with van der Waals surface area (Å²) in [6.07, 6.45) is -0.452. The molecule has 0 saturated heterocycles. The summed E-state index contributed by atoms with van der Waals surface area (Å²) in [4.78, 5) is 0. The van der Waals surface area contributed by atoms with Gasteiger partial charge in [-0.05, 0) is 30.2 Å². The first-order valence-electron chi connectivity index (χ1n) is 6.08. The van der Waals surface area contributed by atoms with Gasteiger partial charge in [-0.25, -0.2) is 0 Å². The number of para-hydroxylation sites is 1. The van der Waals surface area contributed by atoms with Crippen molar-refractivity contribution in [2.45, 2.75) is 13.2 Å². The van der Waals surface area contributed by atoms with Crippen LogP contribution in [0.2, 0.25) is 0 Å². The average Bonchev–Trinajstić information content (AvgIpc) is 2.46. The molecule has 0 amide bonds. The van der Waals surface area contributed by atoms with Crippen LogP contribution < -0.4 is 4.74 Å². The lowest BCUT2D eigenvalue weighted by Crippen LogP contribution is -2.20. The number of hydrogen-bond acceptors (Lipinski definition) is 2. The predicted molar refractivity (Wildman–Crippen MR) is 77.6 cm³/mol. The van der Waals surface area contributed by atoms with Crippen LogP contribution in [-0.4, -0.2) is 19.3 Å². The third-order valence-electron chi connectivity index (χ3n) is 2.87. The van der Waals surface area contributed by atoms with Crippen molar-refractivity contribution in [2.75, 3.05) is 13.0 Å². The second-order valence-electron chi connectivity index (χ2n) is 4.16. The minimum Gasteiger partial charge on any atom is -0.463 e. The zero-order chi connectivity index (χ0) is 13.7. The Hall–Kier alpha value is -1.51. The molecule has 0 aliphatic carbocycles. The molecule has 0 aliphatic rings. The number of aryl methyl sites for hydroxylation is 1. The van der Waals surface area contributed by atoms with Crippen LogP contribution in [0, 0.1) is 13.0 Å². The van der Waals surface area contributed by atoms with Gasteiger partial charge in [0.1, 0.15) is 5.75 Å². The van der Waals surface area contributed by atoms with Crippen molar-refractivity contribution < 1.29 is 9.47 Å². The number of rotatable bonds is 5. The molecule has 2 nitrogen and oxygen atoms in total. The zero-order valence-electron chi connectivity index (χ0n) is 11.0. The van der Waals surface area contributed by atoms with E-state index in [0.717, 1.165) is 22.4 Å². The van der Waals surface area contributed by atoms with Crippen molar-refractivity contribution >= 4 is 11.6 Å². The van der Waals surface area contributed by atoms with E-state index < -0.39 is 6.29 Å². The summed E-state index contributed by atoms with van der Waals surface area (Å²) >= 11 is 5.79. The highest BCUT2D eigenvalue weighted by molar-refractivity contribution is 6.18. The fraction of sp³-hybridized carbons (Fsp3) is 0.250. The average molecular weight is 276 g/mol. The number of methoxy groups -OCH3 is 1. The Morgan fingerprint density at radius 1 is 1.21 bits per heavy atom. The Morgan fingerprint density at radius 2 is 2.00 bits per heavy atom. The van der Waals surface area contributed by atoms with Gasteiger partial charge in [0.2, 0.25) is 6.29 Å². The van der Waals surface area contributed by atoms with E-state index in [1.807, 2.05) is 36.4 Å². The van der Waals surface area contributed by atoms with Crippen LogP contribution in [0.15, 0.2) is 42.5 Å². The molecule has 0 bridgehead atoms. The van der Waals surface area contributed by atoms with Crippen LogP contribution in [0.5, 0.6) is 5.75 Å². The Labute approximate surface area is 118 Å². The van der Waals surface area contributed by atoms with Crippen LogP contribution in [-0.2, 0) is 4.74 Å².